The summed E-state index contributed by atoms with van der Waals surface area (Å²) in [5.74, 6) is -7.00. The Hall–Kier alpha value is -6.38. The standard InChI is InChI=1S/C48H70N8O12S/c1-27(2)39(43(62)54-36(44(63)64)19-21-38(58)68-48(6,7)8)56-42(61)34(22-24-51-45(49)50)53-40(59)33(18-20-37(57)67-47(3,4)5)52-41(60)35(23-25-69-9)55-46(65)66-26-32-30-16-12-10-14-28(30)29-15-11-13-17-31(29)32/h10-17,27,32-36,39H,18-26H2,1-9H3,(H,52,60)(H,53,59)(H,54,62)(H,55,65)(H,56,61)(H,63,64)(H4,49,50,51)/t33-,34-,35+,36-,39+/m1/s1. The summed E-state index contributed by atoms with van der Waals surface area (Å²) in [6.07, 6.45) is -0.409. The number of aliphatic carboxylic acids is 1. The van der Waals surface area contributed by atoms with Crippen LogP contribution < -0.4 is 38.1 Å². The van der Waals surface area contributed by atoms with Crippen LogP contribution in [-0.4, -0.2) is 125 Å². The Morgan fingerprint density at radius 2 is 1.10 bits per heavy atom. The Bertz CT molecular complexity index is 2120. The molecule has 20 nitrogen and oxygen atoms in total. The van der Waals surface area contributed by atoms with Crippen LogP contribution in [0.15, 0.2) is 53.5 Å². The minimum Gasteiger partial charge on any atom is -0.480 e. The molecule has 5 atom stereocenters. The molecule has 69 heavy (non-hydrogen) atoms. The molecule has 0 saturated heterocycles. The second-order valence-electron chi connectivity index (χ2n) is 18.9. The van der Waals surface area contributed by atoms with Crippen molar-refractivity contribution in [2.75, 3.05) is 25.2 Å². The summed E-state index contributed by atoms with van der Waals surface area (Å²) in [5.41, 5.74) is 13.5. The zero-order chi connectivity index (χ0) is 51.6. The lowest BCUT2D eigenvalue weighted by Crippen LogP contribution is -2.60. The van der Waals surface area contributed by atoms with Crippen LogP contribution in [0.3, 0.4) is 0 Å². The Balaban J connectivity index is 1.84. The van der Waals surface area contributed by atoms with E-state index in [4.69, 9.17) is 25.7 Å². The SMILES string of the molecule is CSCC[C@H](NC(=O)OCC1c2ccccc2-c2ccccc21)C(=O)N[C@H](CCC(=O)OC(C)(C)C)C(=O)N[C@H](CCN=C(N)N)C(=O)N[C@H](C(=O)N[C@H](CCC(=O)OC(C)(C)C)C(=O)O)C(C)C. The maximum atomic E-state index is 14.2. The third kappa shape index (κ3) is 19.3. The van der Waals surface area contributed by atoms with Crippen LogP contribution in [-0.2, 0) is 47.8 Å². The lowest BCUT2D eigenvalue weighted by molar-refractivity contribution is -0.156. The highest BCUT2D eigenvalue weighted by Gasteiger charge is 2.35. The average Bonchev–Trinajstić information content (AvgIpc) is 3.57. The number of rotatable bonds is 25. The van der Waals surface area contributed by atoms with E-state index in [-0.39, 0.29) is 63.6 Å². The number of carboxylic acids is 1. The summed E-state index contributed by atoms with van der Waals surface area (Å²) in [6.45, 7) is 13.0. The predicted molar refractivity (Wildman–Crippen MR) is 261 cm³/mol. The lowest BCUT2D eigenvalue weighted by atomic mass is 9.98. The summed E-state index contributed by atoms with van der Waals surface area (Å²) in [4.78, 5) is 111. The quantitative estimate of drug-likeness (QED) is 0.0307. The van der Waals surface area contributed by atoms with Crippen LogP contribution in [0.1, 0.15) is 111 Å². The number of carbonyl (C=O) groups excluding carboxylic acids is 7. The summed E-state index contributed by atoms with van der Waals surface area (Å²) in [5, 5.41) is 22.7. The number of esters is 2. The summed E-state index contributed by atoms with van der Waals surface area (Å²) in [7, 11) is 0. The van der Waals surface area contributed by atoms with E-state index < -0.39 is 95.0 Å². The number of ether oxygens (including phenoxy) is 3. The summed E-state index contributed by atoms with van der Waals surface area (Å²) < 4.78 is 16.4. The molecule has 2 aromatic rings. The zero-order valence-corrected chi connectivity index (χ0v) is 41.8. The number of alkyl carbamates (subject to hydrolysis) is 1. The molecule has 0 heterocycles. The first-order chi connectivity index (χ1) is 32.3. The molecule has 2 aromatic carbocycles. The first kappa shape index (κ1) is 56.9. The van der Waals surface area contributed by atoms with Gasteiger partial charge in [0, 0.05) is 25.3 Å². The minimum absolute atomic E-state index is 0.0193. The number of guanidine groups is 1. The van der Waals surface area contributed by atoms with E-state index in [0.29, 0.717) is 5.75 Å². The normalized spacial score (nSPS) is 14.3. The molecule has 1 aliphatic rings. The Labute approximate surface area is 407 Å². The first-order valence-corrected chi connectivity index (χ1v) is 24.2. The number of aliphatic imine (C=N–C) groups is 1. The Morgan fingerprint density at radius 1 is 0.652 bits per heavy atom. The van der Waals surface area contributed by atoms with Gasteiger partial charge in [-0.3, -0.25) is 33.8 Å². The van der Waals surface area contributed by atoms with Gasteiger partial charge in [0.2, 0.25) is 23.6 Å². The summed E-state index contributed by atoms with van der Waals surface area (Å²) >= 11 is 1.42. The van der Waals surface area contributed by atoms with Gasteiger partial charge in [-0.25, -0.2) is 9.59 Å². The second-order valence-corrected chi connectivity index (χ2v) is 19.9. The van der Waals surface area contributed by atoms with Crippen LogP contribution in [0.2, 0.25) is 0 Å². The molecule has 10 N–H and O–H groups in total. The molecule has 0 aromatic heterocycles. The van der Waals surface area contributed by atoms with Crippen molar-refractivity contribution in [3.8, 4) is 11.1 Å². The fourth-order valence-corrected chi connectivity index (χ4v) is 7.78. The van der Waals surface area contributed by atoms with Gasteiger partial charge in [0.15, 0.2) is 5.96 Å². The molecule has 0 aliphatic heterocycles. The molecule has 0 unspecified atom stereocenters. The van der Waals surface area contributed by atoms with Gasteiger partial charge in [-0.05, 0) is 107 Å². The number of nitrogens with two attached hydrogens (primary N) is 2. The molecular weight excluding hydrogens is 913 g/mol. The van der Waals surface area contributed by atoms with Crippen LogP contribution in [0, 0.1) is 5.92 Å². The van der Waals surface area contributed by atoms with Gasteiger partial charge < -0.3 is 57.4 Å². The molecule has 5 amide bonds. The highest BCUT2D eigenvalue weighted by Crippen LogP contribution is 2.44. The van der Waals surface area contributed by atoms with E-state index in [1.54, 1.807) is 55.4 Å². The molecule has 380 valence electrons. The lowest BCUT2D eigenvalue weighted by Gasteiger charge is -2.28. The maximum absolute atomic E-state index is 14.2. The maximum Gasteiger partial charge on any atom is 0.407 e. The fourth-order valence-electron chi connectivity index (χ4n) is 7.31. The van der Waals surface area contributed by atoms with Crippen molar-refractivity contribution < 1.29 is 57.7 Å². The number of thioether (sulfide) groups is 1. The van der Waals surface area contributed by atoms with E-state index in [1.165, 1.54) is 11.8 Å². The molecule has 0 radical (unpaired) electrons. The van der Waals surface area contributed by atoms with Crippen molar-refractivity contribution in [2.24, 2.45) is 22.4 Å². The minimum atomic E-state index is -1.52. The van der Waals surface area contributed by atoms with E-state index in [2.05, 4.69) is 31.6 Å². The van der Waals surface area contributed by atoms with Crippen molar-refractivity contribution in [2.45, 2.75) is 141 Å². The molecule has 0 bridgehead atoms. The first-order valence-electron chi connectivity index (χ1n) is 22.8. The number of benzene rings is 2. The number of carboxylic acid groups (broad SMARTS) is 1. The molecule has 0 spiro atoms. The Kier molecular flexibility index (Phi) is 21.8. The van der Waals surface area contributed by atoms with Gasteiger partial charge >= 0.3 is 24.0 Å². The van der Waals surface area contributed by atoms with Crippen LogP contribution in [0.5, 0.6) is 0 Å². The fraction of sp³-hybridized carbons (Fsp3) is 0.562. The van der Waals surface area contributed by atoms with Gasteiger partial charge in [0.05, 0.1) is 0 Å². The third-order valence-corrected chi connectivity index (χ3v) is 11.2. The topological polar surface area (TPSA) is 309 Å². The molecular formula is C48H70N8O12S. The van der Waals surface area contributed by atoms with Crippen molar-refractivity contribution >= 4 is 65.4 Å². The van der Waals surface area contributed by atoms with Crippen molar-refractivity contribution in [3.05, 3.63) is 59.7 Å². The Morgan fingerprint density at radius 3 is 1.57 bits per heavy atom. The number of hydrogen-bond donors (Lipinski definition) is 8. The van der Waals surface area contributed by atoms with E-state index in [1.807, 2.05) is 54.8 Å². The van der Waals surface area contributed by atoms with Crippen LogP contribution in [0.25, 0.3) is 11.1 Å². The monoisotopic (exact) mass is 982 g/mol. The zero-order valence-electron chi connectivity index (χ0n) is 41.0. The molecule has 0 saturated carbocycles. The predicted octanol–water partition coefficient (Wildman–Crippen LogP) is 3.23. The van der Waals surface area contributed by atoms with Gasteiger partial charge in [-0.2, -0.15) is 11.8 Å². The van der Waals surface area contributed by atoms with E-state index >= 15 is 0 Å². The van der Waals surface area contributed by atoms with Gasteiger partial charge in [0.25, 0.3) is 0 Å². The molecule has 3 rings (SSSR count). The highest BCUT2D eigenvalue weighted by molar-refractivity contribution is 7.98. The number of hydrogen-bond acceptors (Lipinski definition) is 13. The van der Waals surface area contributed by atoms with E-state index in [0.717, 1.165) is 22.3 Å². The van der Waals surface area contributed by atoms with Gasteiger partial charge in [-0.1, -0.05) is 62.4 Å². The highest BCUT2D eigenvalue weighted by atomic mass is 32.2. The van der Waals surface area contributed by atoms with Crippen molar-refractivity contribution in [1.82, 2.24) is 26.6 Å². The summed E-state index contributed by atoms with van der Waals surface area (Å²) in [6, 6.07) is 8.66. The van der Waals surface area contributed by atoms with Gasteiger partial charge in [-0.15, -0.1) is 0 Å². The van der Waals surface area contributed by atoms with Crippen LogP contribution in [0.4, 0.5) is 4.79 Å². The smallest absolute Gasteiger partial charge is 0.407 e. The number of nitrogens with zero attached hydrogens (tertiary/aromatic N) is 1. The van der Waals surface area contributed by atoms with Crippen LogP contribution >= 0.6 is 11.8 Å². The number of carbonyl (C=O) groups is 8. The number of amides is 5. The van der Waals surface area contributed by atoms with Crippen molar-refractivity contribution in [3.63, 3.8) is 0 Å². The average molecular weight is 983 g/mol. The number of fused-ring (bicyclic) bond motifs is 3. The third-order valence-electron chi connectivity index (χ3n) is 10.5. The van der Waals surface area contributed by atoms with E-state index in [9.17, 15) is 43.5 Å². The van der Waals surface area contributed by atoms with Gasteiger partial charge in [0.1, 0.15) is 48.0 Å². The van der Waals surface area contributed by atoms with Crippen molar-refractivity contribution in [1.29, 1.82) is 0 Å². The largest absolute Gasteiger partial charge is 0.480 e. The second kappa shape index (κ2) is 26.4. The molecule has 21 heteroatoms. The molecule has 1 aliphatic carbocycles. The number of nitrogens with one attached hydrogen (secondary N) is 5. The molecule has 0 fully saturated rings.